The van der Waals surface area contributed by atoms with Crippen molar-refractivity contribution in [1.82, 2.24) is 9.29 Å². The Bertz CT molecular complexity index is 467. The van der Waals surface area contributed by atoms with E-state index in [4.69, 9.17) is 0 Å². The smallest absolute Gasteiger partial charge is 0.229 e. The van der Waals surface area contributed by atoms with E-state index in [1.807, 2.05) is 13.8 Å². The van der Waals surface area contributed by atoms with Crippen LogP contribution in [-0.4, -0.2) is 30.3 Å². The molecule has 0 amide bonds. The van der Waals surface area contributed by atoms with Gasteiger partial charge in [-0.05, 0) is 26.7 Å². The molecular weight excluding hydrogens is 244 g/mol. The number of aromatic nitrogens is 1. The lowest BCUT2D eigenvalue weighted by Crippen LogP contribution is -2.41. The number of hydrogen-bond donors (Lipinski definition) is 0. The molecule has 1 fully saturated rings. The fraction of sp³-hybridized carbons (Fsp3) is 0.700. The fourth-order valence-corrected chi connectivity index (χ4v) is 4.83. The number of sulfonamides is 1. The topological polar surface area (TPSA) is 50.3 Å². The highest BCUT2D eigenvalue weighted by atomic mass is 32.2. The van der Waals surface area contributed by atoms with Crippen LogP contribution in [0.5, 0.6) is 0 Å². The summed E-state index contributed by atoms with van der Waals surface area (Å²) in [7, 11) is -3.35. The number of nitrogens with zero attached hydrogens (tertiary/aromatic N) is 2. The number of thiazole rings is 1. The zero-order valence-electron chi connectivity index (χ0n) is 9.51. The number of piperidine rings is 1. The van der Waals surface area contributed by atoms with E-state index < -0.39 is 10.0 Å². The van der Waals surface area contributed by atoms with Gasteiger partial charge in [0.1, 0.15) is 0 Å². The summed E-state index contributed by atoms with van der Waals surface area (Å²) in [5.41, 5.74) is 0.772. The molecule has 16 heavy (non-hydrogen) atoms. The third-order valence-electron chi connectivity index (χ3n) is 2.87. The molecule has 0 aliphatic carbocycles. The molecule has 4 nitrogen and oxygen atoms in total. The molecule has 1 unspecified atom stereocenters. The van der Waals surface area contributed by atoms with E-state index in [2.05, 4.69) is 4.98 Å². The third kappa shape index (κ3) is 2.14. The average molecular weight is 260 g/mol. The summed E-state index contributed by atoms with van der Waals surface area (Å²) >= 11 is 1.21. The maximum absolute atomic E-state index is 12.3. The molecule has 1 aliphatic heterocycles. The predicted molar refractivity (Wildman–Crippen MR) is 64.1 cm³/mol. The van der Waals surface area contributed by atoms with E-state index in [0.29, 0.717) is 6.54 Å². The Balaban J connectivity index is 2.31. The minimum atomic E-state index is -3.35. The predicted octanol–water partition coefficient (Wildman–Crippen LogP) is 2.01. The van der Waals surface area contributed by atoms with Crippen molar-refractivity contribution in [2.45, 2.75) is 43.5 Å². The van der Waals surface area contributed by atoms with Crippen LogP contribution in [0.4, 0.5) is 0 Å². The van der Waals surface area contributed by atoms with Gasteiger partial charge in [0.05, 0.1) is 0 Å². The van der Waals surface area contributed by atoms with E-state index >= 15 is 0 Å². The summed E-state index contributed by atoms with van der Waals surface area (Å²) in [6.07, 6.45) is 3.02. The lowest BCUT2D eigenvalue weighted by molar-refractivity contribution is 0.268. The van der Waals surface area contributed by atoms with Gasteiger partial charge in [0.25, 0.3) is 10.0 Å². The van der Waals surface area contributed by atoms with Crippen LogP contribution < -0.4 is 0 Å². The molecule has 1 atom stereocenters. The van der Waals surface area contributed by atoms with E-state index in [1.54, 1.807) is 9.69 Å². The molecule has 0 N–H and O–H groups in total. The van der Waals surface area contributed by atoms with Gasteiger partial charge in [0, 0.05) is 23.7 Å². The molecule has 2 heterocycles. The zero-order chi connectivity index (χ0) is 11.8. The molecular formula is C10H16N2O2S2. The molecule has 6 heteroatoms. The Morgan fingerprint density at radius 3 is 2.81 bits per heavy atom. The number of hydrogen-bond acceptors (Lipinski definition) is 4. The van der Waals surface area contributed by atoms with Crippen molar-refractivity contribution < 1.29 is 8.42 Å². The van der Waals surface area contributed by atoms with E-state index in [9.17, 15) is 8.42 Å². The van der Waals surface area contributed by atoms with Gasteiger partial charge < -0.3 is 0 Å². The summed E-state index contributed by atoms with van der Waals surface area (Å²) in [6, 6.07) is 0.1000. The van der Waals surface area contributed by atoms with Gasteiger partial charge in [-0.2, -0.15) is 4.31 Å². The first-order valence-corrected chi connectivity index (χ1v) is 7.78. The highest BCUT2D eigenvalue weighted by Gasteiger charge is 2.32. The molecule has 1 aliphatic rings. The van der Waals surface area contributed by atoms with Gasteiger partial charge in [-0.1, -0.05) is 6.42 Å². The maximum atomic E-state index is 12.3. The van der Waals surface area contributed by atoms with Crippen LogP contribution in [0, 0.1) is 6.92 Å². The van der Waals surface area contributed by atoms with Gasteiger partial charge in [0.15, 0.2) is 0 Å². The number of rotatable bonds is 2. The molecule has 0 spiro atoms. The minimum Gasteiger partial charge on any atom is -0.229 e. The first-order valence-electron chi connectivity index (χ1n) is 5.46. The molecule has 0 saturated carbocycles. The van der Waals surface area contributed by atoms with Crippen molar-refractivity contribution in [3.8, 4) is 0 Å². The lowest BCUT2D eigenvalue weighted by atomic mass is 10.1. The third-order valence-corrected chi connectivity index (χ3v) is 6.23. The summed E-state index contributed by atoms with van der Waals surface area (Å²) in [5, 5.41) is 1.78. The first kappa shape index (κ1) is 12.0. The molecule has 0 aromatic carbocycles. The summed E-state index contributed by atoms with van der Waals surface area (Å²) in [5.74, 6) is 0. The molecule has 0 bridgehead atoms. The Kier molecular flexibility index (Phi) is 3.32. The number of aryl methyl sites for hydroxylation is 1. The van der Waals surface area contributed by atoms with Crippen LogP contribution in [0.2, 0.25) is 0 Å². The SMILES string of the molecule is Cc1csc(S(=O)(=O)N2CCCCC2C)n1. The van der Waals surface area contributed by atoms with Crippen LogP contribution >= 0.6 is 11.3 Å². The molecule has 1 aromatic heterocycles. The van der Waals surface area contributed by atoms with Gasteiger partial charge in [0.2, 0.25) is 4.34 Å². The Morgan fingerprint density at radius 2 is 2.25 bits per heavy atom. The standard InChI is InChI=1S/C10H16N2O2S2/c1-8-7-15-10(11-8)16(13,14)12-6-4-3-5-9(12)2/h7,9H,3-6H2,1-2H3. The van der Waals surface area contributed by atoms with Crippen molar-refractivity contribution in [2.75, 3.05) is 6.54 Å². The Hall–Kier alpha value is -0.460. The second-order valence-corrected chi connectivity index (χ2v) is 7.14. The second-order valence-electron chi connectivity index (χ2n) is 4.22. The Morgan fingerprint density at radius 1 is 1.50 bits per heavy atom. The molecule has 1 aromatic rings. The fourth-order valence-electron chi connectivity index (χ4n) is 1.98. The summed E-state index contributed by atoms with van der Waals surface area (Å²) < 4.78 is 26.4. The summed E-state index contributed by atoms with van der Waals surface area (Å²) in [6.45, 7) is 4.41. The average Bonchev–Trinajstić information content (AvgIpc) is 2.66. The van der Waals surface area contributed by atoms with E-state index in [0.717, 1.165) is 25.0 Å². The zero-order valence-corrected chi connectivity index (χ0v) is 11.1. The van der Waals surface area contributed by atoms with E-state index in [-0.39, 0.29) is 10.4 Å². The van der Waals surface area contributed by atoms with Crippen molar-refractivity contribution in [1.29, 1.82) is 0 Å². The molecule has 90 valence electrons. The van der Waals surface area contributed by atoms with Crippen LogP contribution in [0.3, 0.4) is 0 Å². The van der Waals surface area contributed by atoms with Crippen LogP contribution in [0.1, 0.15) is 31.9 Å². The normalized spacial score (nSPS) is 23.5. The molecule has 2 rings (SSSR count). The highest BCUT2D eigenvalue weighted by Crippen LogP contribution is 2.26. The quantitative estimate of drug-likeness (QED) is 0.817. The van der Waals surface area contributed by atoms with Gasteiger partial charge in [-0.25, -0.2) is 13.4 Å². The first-order chi connectivity index (χ1) is 7.51. The largest absolute Gasteiger partial charge is 0.270 e. The Labute approximate surface area is 100 Å². The van der Waals surface area contributed by atoms with Crippen LogP contribution in [0.25, 0.3) is 0 Å². The molecule has 1 saturated heterocycles. The van der Waals surface area contributed by atoms with Crippen LogP contribution in [-0.2, 0) is 10.0 Å². The van der Waals surface area contributed by atoms with Crippen molar-refractivity contribution in [3.63, 3.8) is 0 Å². The molecule has 0 radical (unpaired) electrons. The lowest BCUT2D eigenvalue weighted by Gasteiger charge is -2.31. The second kappa shape index (κ2) is 4.43. The van der Waals surface area contributed by atoms with Gasteiger partial charge in [-0.3, -0.25) is 0 Å². The van der Waals surface area contributed by atoms with E-state index in [1.165, 1.54) is 11.3 Å². The summed E-state index contributed by atoms with van der Waals surface area (Å²) in [4.78, 5) is 4.08. The van der Waals surface area contributed by atoms with Crippen molar-refractivity contribution in [3.05, 3.63) is 11.1 Å². The maximum Gasteiger partial charge on any atom is 0.270 e. The minimum absolute atomic E-state index is 0.1000. The van der Waals surface area contributed by atoms with Crippen molar-refractivity contribution in [2.24, 2.45) is 0 Å². The highest BCUT2D eigenvalue weighted by molar-refractivity contribution is 7.91. The monoisotopic (exact) mass is 260 g/mol. The van der Waals surface area contributed by atoms with Crippen molar-refractivity contribution >= 4 is 21.4 Å². The van der Waals surface area contributed by atoms with Gasteiger partial charge >= 0.3 is 0 Å². The van der Waals surface area contributed by atoms with Gasteiger partial charge in [-0.15, -0.1) is 11.3 Å². The van der Waals surface area contributed by atoms with Crippen LogP contribution in [0.15, 0.2) is 9.72 Å².